The molecule has 1 heterocycles. The molecule has 1 N–H and O–H groups in total. The molecule has 1 amide bonds. The lowest BCUT2D eigenvalue weighted by Crippen LogP contribution is -2.35. The summed E-state index contributed by atoms with van der Waals surface area (Å²) >= 11 is 0. The molecule has 1 unspecified atom stereocenters. The first-order valence-corrected chi connectivity index (χ1v) is 8.21. The Hall–Kier alpha value is -3.22. The van der Waals surface area contributed by atoms with E-state index in [9.17, 15) is 9.18 Å². The van der Waals surface area contributed by atoms with Gasteiger partial charge in [-0.25, -0.2) is 9.37 Å². The zero-order valence-corrected chi connectivity index (χ0v) is 14.3. The third-order valence-corrected chi connectivity index (χ3v) is 3.72. The standard InChI is InChI=1S/C19H19FN4O2/c1-14(10-24-13-21-12-22-24)23-19(25)16-3-2-4-18(9-16)26-11-15-5-7-17(20)8-6-15/h2-9,12-14H,10-11H2,1H3,(H,23,25). The summed E-state index contributed by atoms with van der Waals surface area (Å²) in [7, 11) is 0. The van der Waals surface area contributed by atoms with Crippen LogP contribution in [0.3, 0.4) is 0 Å². The van der Waals surface area contributed by atoms with E-state index in [1.165, 1.54) is 18.5 Å². The van der Waals surface area contributed by atoms with Gasteiger partial charge < -0.3 is 10.1 Å². The molecule has 0 radical (unpaired) electrons. The Morgan fingerprint density at radius 3 is 2.81 bits per heavy atom. The molecule has 0 saturated carbocycles. The number of carbonyl (C=O) groups is 1. The van der Waals surface area contributed by atoms with Crippen LogP contribution in [0.4, 0.5) is 4.39 Å². The molecule has 0 saturated heterocycles. The lowest BCUT2D eigenvalue weighted by Gasteiger charge is -2.14. The first-order valence-electron chi connectivity index (χ1n) is 8.21. The van der Waals surface area contributed by atoms with Crippen LogP contribution in [0.25, 0.3) is 0 Å². The maximum atomic E-state index is 12.9. The summed E-state index contributed by atoms with van der Waals surface area (Å²) in [5, 5.41) is 6.94. The van der Waals surface area contributed by atoms with Gasteiger partial charge in [-0.3, -0.25) is 9.48 Å². The van der Waals surface area contributed by atoms with Crippen molar-refractivity contribution in [2.45, 2.75) is 26.1 Å². The minimum absolute atomic E-state index is 0.104. The van der Waals surface area contributed by atoms with E-state index < -0.39 is 0 Å². The van der Waals surface area contributed by atoms with E-state index in [1.807, 2.05) is 6.92 Å². The molecule has 6 nitrogen and oxygen atoms in total. The van der Waals surface area contributed by atoms with Crippen LogP contribution in [0.2, 0.25) is 0 Å². The Balaban J connectivity index is 1.57. The Bertz CT molecular complexity index is 850. The summed E-state index contributed by atoms with van der Waals surface area (Å²) in [6, 6.07) is 12.9. The molecule has 3 rings (SSSR count). The number of benzene rings is 2. The number of nitrogens with one attached hydrogen (secondary N) is 1. The SMILES string of the molecule is CC(Cn1cncn1)NC(=O)c1cccc(OCc2ccc(F)cc2)c1. The van der Waals surface area contributed by atoms with E-state index in [4.69, 9.17) is 4.74 Å². The van der Waals surface area contributed by atoms with Crippen LogP contribution in [0.5, 0.6) is 5.75 Å². The van der Waals surface area contributed by atoms with Crippen LogP contribution < -0.4 is 10.1 Å². The molecule has 134 valence electrons. The molecule has 0 aliphatic rings. The molecule has 1 atom stereocenters. The average molecular weight is 354 g/mol. The second-order valence-corrected chi connectivity index (χ2v) is 5.94. The summed E-state index contributed by atoms with van der Waals surface area (Å²) in [5.41, 5.74) is 1.36. The van der Waals surface area contributed by atoms with E-state index in [1.54, 1.807) is 47.4 Å². The van der Waals surface area contributed by atoms with Gasteiger partial charge in [0.25, 0.3) is 5.91 Å². The Morgan fingerprint density at radius 1 is 1.27 bits per heavy atom. The third kappa shape index (κ3) is 4.89. The van der Waals surface area contributed by atoms with Crippen molar-refractivity contribution in [1.29, 1.82) is 0 Å². The van der Waals surface area contributed by atoms with Crippen LogP contribution in [0.1, 0.15) is 22.8 Å². The van der Waals surface area contributed by atoms with Gasteiger partial charge in [0, 0.05) is 11.6 Å². The van der Waals surface area contributed by atoms with Crippen molar-refractivity contribution < 1.29 is 13.9 Å². The largest absolute Gasteiger partial charge is 0.489 e. The molecule has 2 aromatic carbocycles. The summed E-state index contributed by atoms with van der Waals surface area (Å²) in [4.78, 5) is 16.3. The second kappa shape index (κ2) is 8.24. The van der Waals surface area contributed by atoms with Crippen LogP contribution in [-0.2, 0) is 13.2 Å². The molecule has 0 aliphatic carbocycles. The summed E-state index contributed by atoms with van der Waals surface area (Å²) in [6.07, 6.45) is 3.06. The number of hydrogen-bond acceptors (Lipinski definition) is 4. The number of ether oxygens (including phenoxy) is 1. The normalized spacial score (nSPS) is 11.8. The number of aromatic nitrogens is 3. The molecule has 0 bridgehead atoms. The number of amides is 1. The highest BCUT2D eigenvalue weighted by Crippen LogP contribution is 2.15. The molecule has 0 spiro atoms. The predicted molar refractivity (Wildman–Crippen MR) is 94.1 cm³/mol. The van der Waals surface area contributed by atoms with Gasteiger partial charge in [-0.1, -0.05) is 18.2 Å². The van der Waals surface area contributed by atoms with Crippen molar-refractivity contribution in [2.75, 3.05) is 0 Å². The molecule has 0 aliphatic heterocycles. The maximum absolute atomic E-state index is 12.9. The van der Waals surface area contributed by atoms with Gasteiger partial charge in [-0.15, -0.1) is 0 Å². The summed E-state index contributed by atoms with van der Waals surface area (Å²) in [6.45, 7) is 2.73. The average Bonchev–Trinajstić information content (AvgIpc) is 3.14. The molecule has 3 aromatic rings. The lowest BCUT2D eigenvalue weighted by atomic mass is 10.2. The van der Waals surface area contributed by atoms with E-state index in [0.717, 1.165) is 5.56 Å². The van der Waals surface area contributed by atoms with Gasteiger partial charge in [-0.2, -0.15) is 5.10 Å². The van der Waals surface area contributed by atoms with Crippen LogP contribution in [0, 0.1) is 5.82 Å². The van der Waals surface area contributed by atoms with Gasteiger partial charge in [0.2, 0.25) is 0 Å². The van der Waals surface area contributed by atoms with Crippen LogP contribution in [-0.4, -0.2) is 26.7 Å². The topological polar surface area (TPSA) is 69.0 Å². The van der Waals surface area contributed by atoms with Gasteiger partial charge in [-0.05, 0) is 42.8 Å². The maximum Gasteiger partial charge on any atom is 0.251 e. The van der Waals surface area contributed by atoms with E-state index >= 15 is 0 Å². The molecular formula is C19H19FN4O2. The quantitative estimate of drug-likeness (QED) is 0.708. The van der Waals surface area contributed by atoms with E-state index in [0.29, 0.717) is 24.5 Å². The second-order valence-electron chi connectivity index (χ2n) is 5.94. The van der Waals surface area contributed by atoms with Gasteiger partial charge in [0.1, 0.15) is 30.8 Å². The molecule has 26 heavy (non-hydrogen) atoms. The monoisotopic (exact) mass is 354 g/mol. The van der Waals surface area contributed by atoms with Crippen molar-refractivity contribution in [2.24, 2.45) is 0 Å². The van der Waals surface area contributed by atoms with Crippen LogP contribution >= 0.6 is 0 Å². The highest BCUT2D eigenvalue weighted by atomic mass is 19.1. The van der Waals surface area contributed by atoms with Crippen molar-refractivity contribution in [3.8, 4) is 5.75 Å². The van der Waals surface area contributed by atoms with Gasteiger partial charge in [0.15, 0.2) is 0 Å². The first-order chi connectivity index (χ1) is 12.6. The van der Waals surface area contributed by atoms with Crippen molar-refractivity contribution in [3.63, 3.8) is 0 Å². The Morgan fingerprint density at radius 2 is 2.08 bits per heavy atom. The smallest absolute Gasteiger partial charge is 0.251 e. The van der Waals surface area contributed by atoms with Crippen molar-refractivity contribution in [1.82, 2.24) is 20.1 Å². The predicted octanol–water partition coefficient (Wildman–Crippen LogP) is 2.81. The summed E-state index contributed by atoms with van der Waals surface area (Å²) < 4.78 is 20.3. The molecule has 0 fully saturated rings. The fourth-order valence-corrected chi connectivity index (χ4v) is 2.43. The summed E-state index contributed by atoms with van der Waals surface area (Å²) in [5.74, 6) is 0.100. The molecule has 7 heteroatoms. The number of rotatable bonds is 7. The van der Waals surface area contributed by atoms with E-state index in [-0.39, 0.29) is 17.8 Å². The first kappa shape index (κ1) is 17.6. The van der Waals surface area contributed by atoms with Crippen molar-refractivity contribution in [3.05, 3.63) is 78.1 Å². The highest BCUT2D eigenvalue weighted by molar-refractivity contribution is 5.94. The number of carbonyl (C=O) groups excluding carboxylic acids is 1. The zero-order valence-electron chi connectivity index (χ0n) is 14.3. The number of hydrogen-bond donors (Lipinski definition) is 1. The Labute approximate surface area is 150 Å². The lowest BCUT2D eigenvalue weighted by molar-refractivity contribution is 0.0935. The van der Waals surface area contributed by atoms with Crippen LogP contribution in [0.15, 0.2) is 61.2 Å². The minimum Gasteiger partial charge on any atom is -0.489 e. The number of halogens is 1. The minimum atomic E-state index is -0.285. The fourth-order valence-electron chi connectivity index (χ4n) is 2.43. The van der Waals surface area contributed by atoms with E-state index in [2.05, 4.69) is 15.4 Å². The van der Waals surface area contributed by atoms with Gasteiger partial charge in [0.05, 0.1) is 6.54 Å². The highest BCUT2D eigenvalue weighted by Gasteiger charge is 2.11. The molecular weight excluding hydrogens is 335 g/mol. The van der Waals surface area contributed by atoms with Crippen molar-refractivity contribution >= 4 is 5.91 Å². The third-order valence-electron chi connectivity index (χ3n) is 3.72. The number of nitrogens with zero attached hydrogens (tertiary/aromatic N) is 3. The zero-order chi connectivity index (χ0) is 18.4. The Kier molecular flexibility index (Phi) is 5.58. The van der Waals surface area contributed by atoms with Gasteiger partial charge >= 0.3 is 0 Å². The fraction of sp³-hybridized carbons (Fsp3) is 0.211. The molecule has 1 aromatic heterocycles.